The van der Waals surface area contributed by atoms with Crippen LogP contribution in [-0.4, -0.2) is 56.5 Å². The maximum Gasteiger partial charge on any atom is 0.225 e. The van der Waals surface area contributed by atoms with Crippen molar-refractivity contribution in [2.24, 2.45) is 0 Å². The molecule has 1 aromatic rings. The lowest BCUT2D eigenvalue weighted by molar-refractivity contribution is -0.130. The summed E-state index contributed by atoms with van der Waals surface area (Å²) in [5.41, 5.74) is 6.32. The summed E-state index contributed by atoms with van der Waals surface area (Å²) < 4.78 is 5.51. The Morgan fingerprint density at radius 2 is 2.00 bits per heavy atom. The molecule has 0 fully saturated rings. The Hall–Kier alpha value is -1.75. The van der Waals surface area contributed by atoms with Gasteiger partial charge in [0.05, 0.1) is 13.0 Å². The number of amides is 1. The number of benzene rings is 1. The third kappa shape index (κ3) is 6.43. The highest BCUT2D eigenvalue weighted by molar-refractivity contribution is 5.75. The van der Waals surface area contributed by atoms with Gasteiger partial charge in [-0.15, -0.1) is 0 Å². The first-order valence-corrected chi connectivity index (χ1v) is 6.86. The summed E-state index contributed by atoms with van der Waals surface area (Å²) in [5.74, 6) is 0.806. The molecule has 0 atom stereocenters. The van der Waals surface area contributed by atoms with E-state index in [-0.39, 0.29) is 5.91 Å². The predicted molar refractivity (Wildman–Crippen MR) is 81.8 cm³/mol. The topological polar surface area (TPSA) is 58.8 Å². The minimum absolute atomic E-state index is 0.104. The quantitative estimate of drug-likeness (QED) is 0.732. The van der Waals surface area contributed by atoms with Crippen molar-refractivity contribution < 1.29 is 9.53 Å². The monoisotopic (exact) mass is 279 g/mol. The summed E-state index contributed by atoms with van der Waals surface area (Å²) >= 11 is 0. The first-order valence-electron chi connectivity index (χ1n) is 6.86. The Kier molecular flexibility index (Phi) is 6.87. The van der Waals surface area contributed by atoms with Crippen molar-refractivity contribution in [3.63, 3.8) is 0 Å². The van der Waals surface area contributed by atoms with Crippen LogP contribution in [0.3, 0.4) is 0 Å². The minimum Gasteiger partial charge on any atom is -0.493 e. The highest BCUT2D eigenvalue weighted by atomic mass is 16.5. The lowest BCUT2D eigenvalue weighted by Crippen LogP contribution is -2.30. The first kappa shape index (κ1) is 16.3. The molecule has 5 heteroatoms. The van der Waals surface area contributed by atoms with Crippen LogP contribution in [0.4, 0.5) is 5.69 Å². The van der Waals surface area contributed by atoms with Gasteiger partial charge in [-0.25, -0.2) is 0 Å². The van der Waals surface area contributed by atoms with E-state index in [1.54, 1.807) is 17.0 Å². The Balaban J connectivity index is 2.22. The summed E-state index contributed by atoms with van der Waals surface area (Å²) in [6, 6.07) is 7.23. The van der Waals surface area contributed by atoms with Gasteiger partial charge in [0.1, 0.15) is 5.75 Å². The van der Waals surface area contributed by atoms with Crippen molar-refractivity contribution in [3.8, 4) is 5.75 Å². The fourth-order valence-electron chi connectivity index (χ4n) is 1.80. The van der Waals surface area contributed by atoms with Gasteiger partial charge >= 0.3 is 0 Å². The first-order chi connectivity index (χ1) is 9.49. The third-order valence-electron chi connectivity index (χ3n) is 2.97. The summed E-state index contributed by atoms with van der Waals surface area (Å²) in [6.45, 7) is 2.13. The van der Waals surface area contributed by atoms with Crippen molar-refractivity contribution >= 4 is 11.6 Å². The van der Waals surface area contributed by atoms with E-state index in [9.17, 15) is 4.79 Å². The zero-order valence-corrected chi connectivity index (χ0v) is 12.6. The van der Waals surface area contributed by atoms with Gasteiger partial charge in [-0.2, -0.15) is 0 Å². The maximum atomic E-state index is 11.9. The van der Waals surface area contributed by atoms with Crippen molar-refractivity contribution in [3.05, 3.63) is 24.3 Å². The maximum absolute atomic E-state index is 11.9. The number of anilines is 1. The molecule has 1 amide bonds. The molecule has 0 saturated heterocycles. The van der Waals surface area contributed by atoms with Gasteiger partial charge in [-0.05, 0) is 39.2 Å². The molecule has 0 unspecified atom stereocenters. The van der Waals surface area contributed by atoms with Crippen LogP contribution in [0.2, 0.25) is 0 Å². The Morgan fingerprint density at radius 3 is 2.65 bits per heavy atom. The van der Waals surface area contributed by atoms with Crippen LogP contribution in [0.25, 0.3) is 0 Å². The third-order valence-corrected chi connectivity index (χ3v) is 2.97. The smallest absolute Gasteiger partial charge is 0.225 e. The van der Waals surface area contributed by atoms with Crippen LogP contribution in [0.5, 0.6) is 5.75 Å². The summed E-state index contributed by atoms with van der Waals surface area (Å²) in [6.07, 6.45) is 1.36. The molecule has 0 aliphatic heterocycles. The molecular formula is C15H25N3O2. The van der Waals surface area contributed by atoms with Gasteiger partial charge in [0.25, 0.3) is 0 Å². The van der Waals surface area contributed by atoms with Crippen LogP contribution in [-0.2, 0) is 4.79 Å². The molecule has 2 N–H and O–H groups in total. The molecule has 0 aliphatic rings. The normalized spacial score (nSPS) is 10.6. The van der Waals surface area contributed by atoms with Gasteiger partial charge in [0, 0.05) is 25.3 Å². The molecule has 20 heavy (non-hydrogen) atoms. The van der Waals surface area contributed by atoms with Crippen molar-refractivity contribution in [1.29, 1.82) is 0 Å². The average Bonchev–Trinajstić information content (AvgIpc) is 2.38. The molecule has 5 nitrogen and oxygen atoms in total. The minimum atomic E-state index is 0.104. The van der Waals surface area contributed by atoms with Gasteiger partial charge in [0.15, 0.2) is 0 Å². The van der Waals surface area contributed by atoms with E-state index in [1.807, 2.05) is 33.3 Å². The zero-order chi connectivity index (χ0) is 15.0. The number of ether oxygens (including phenoxy) is 1. The molecule has 0 saturated carbocycles. The highest BCUT2D eigenvalue weighted by Crippen LogP contribution is 2.14. The van der Waals surface area contributed by atoms with Crippen LogP contribution >= 0.6 is 0 Å². The average molecular weight is 279 g/mol. The van der Waals surface area contributed by atoms with Gasteiger partial charge in [-0.1, -0.05) is 6.07 Å². The van der Waals surface area contributed by atoms with E-state index >= 15 is 0 Å². The Bertz CT molecular complexity index is 421. The zero-order valence-electron chi connectivity index (χ0n) is 12.6. The second-order valence-corrected chi connectivity index (χ2v) is 5.14. The van der Waals surface area contributed by atoms with E-state index in [4.69, 9.17) is 10.5 Å². The molecule has 0 radical (unpaired) electrons. The summed E-state index contributed by atoms with van der Waals surface area (Å²) in [5, 5.41) is 0. The van der Waals surface area contributed by atoms with Gasteiger partial charge < -0.3 is 20.3 Å². The van der Waals surface area contributed by atoms with Crippen molar-refractivity contribution in [2.75, 3.05) is 46.6 Å². The second-order valence-electron chi connectivity index (χ2n) is 5.14. The lowest BCUT2D eigenvalue weighted by Gasteiger charge is -2.18. The van der Waals surface area contributed by atoms with E-state index in [0.29, 0.717) is 24.5 Å². The number of hydrogen-bond donors (Lipinski definition) is 1. The summed E-state index contributed by atoms with van der Waals surface area (Å²) in [7, 11) is 5.89. The number of carbonyl (C=O) groups is 1. The van der Waals surface area contributed by atoms with E-state index in [0.717, 1.165) is 19.5 Å². The molecule has 0 bridgehead atoms. The van der Waals surface area contributed by atoms with Crippen LogP contribution in [0, 0.1) is 0 Å². The molecule has 1 aromatic carbocycles. The lowest BCUT2D eigenvalue weighted by atomic mass is 10.3. The number of nitrogens with two attached hydrogens (primary N) is 1. The SMILES string of the molecule is CN(C)CCCN(C)C(=O)CCOc1cccc(N)c1. The van der Waals surface area contributed by atoms with Crippen LogP contribution in [0.1, 0.15) is 12.8 Å². The number of rotatable bonds is 8. The van der Waals surface area contributed by atoms with Crippen molar-refractivity contribution in [1.82, 2.24) is 9.80 Å². The number of nitrogens with zero attached hydrogens (tertiary/aromatic N) is 2. The van der Waals surface area contributed by atoms with Crippen LogP contribution in [0.15, 0.2) is 24.3 Å². The van der Waals surface area contributed by atoms with E-state index in [2.05, 4.69) is 4.90 Å². The fraction of sp³-hybridized carbons (Fsp3) is 0.533. The van der Waals surface area contributed by atoms with Crippen molar-refractivity contribution in [2.45, 2.75) is 12.8 Å². The molecule has 112 valence electrons. The van der Waals surface area contributed by atoms with E-state index < -0.39 is 0 Å². The molecule has 0 aliphatic carbocycles. The number of hydrogen-bond acceptors (Lipinski definition) is 4. The molecular weight excluding hydrogens is 254 g/mol. The summed E-state index contributed by atoms with van der Waals surface area (Å²) in [4.78, 5) is 15.8. The molecule has 0 aromatic heterocycles. The van der Waals surface area contributed by atoms with E-state index in [1.165, 1.54) is 0 Å². The number of nitrogen functional groups attached to an aromatic ring is 1. The molecule has 0 spiro atoms. The molecule has 0 heterocycles. The van der Waals surface area contributed by atoms with Crippen LogP contribution < -0.4 is 10.5 Å². The Labute approximate surface area is 121 Å². The second kappa shape index (κ2) is 8.43. The Morgan fingerprint density at radius 1 is 1.25 bits per heavy atom. The molecule has 1 rings (SSSR count). The standard InChI is InChI=1S/C15H25N3O2/c1-17(2)9-5-10-18(3)15(19)8-11-20-14-7-4-6-13(16)12-14/h4,6-7,12H,5,8-11,16H2,1-3H3. The van der Waals surface area contributed by atoms with Gasteiger partial charge in [0.2, 0.25) is 5.91 Å². The number of carbonyl (C=O) groups excluding carboxylic acids is 1. The largest absolute Gasteiger partial charge is 0.493 e. The fourth-order valence-corrected chi connectivity index (χ4v) is 1.80. The van der Waals surface area contributed by atoms with Gasteiger partial charge in [-0.3, -0.25) is 4.79 Å². The highest BCUT2D eigenvalue weighted by Gasteiger charge is 2.08. The predicted octanol–water partition coefficient (Wildman–Crippen LogP) is 1.45.